The van der Waals surface area contributed by atoms with Crippen LogP contribution in [-0.4, -0.2) is 47.6 Å². The van der Waals surface area contributed by atoms with Crippen LogP contribution in [0.3, 0.4) is 0 Å². The van der Waals surface area contributed by atoms with E-state index >= 15 is 0 Å². The van der Waals surface area contributed by atoms with Gasteiger partial charge < -0.3 is 5.32 Å². The molecule has 3 heteroatoms. The number of likely N-dealkylation sites (tertiary alicyclic amines) is 1. The van der Waals surface area contributed by atoms with Crippen molar-refractivity contribution in [2.24, 2.45) is 0 Å². The molecule has 1 saturated heterocycles. The highest BCUT2D eigenvalue weighted by molar-refractivity contribution is 7.99. The van der Waals surface area contributed by atoms with Crippen molar-refractivity contribution in [1.29, 1.82) is 0 Å². The second-order valence-corrected chi connectivity index (χ2v) is 6.65. The lowest BCUT2D eigenvalue weighted by Crippen LogP contribution is -2.37. The average Bonchev–Trinajstić information content (AvgIpc) is 2.95. The Hall–Kier alpha value is 0.270. The van der Waals surface area contributed by atoms with E-state index in [4.69, 9.17) is 0 Å². The van der Waals surface area contributed by atoms with Gasteiger partial charge in [-0.15, -0.1) is 0 Å². The number of nitrogens with one attached hydrogen (secondary N) is 1. The Balaban J connectivity index is 1.62. The molecule has 1 aliphatic carbocycles. The van der Waals surface area contributed by atoms with Crippen molar-refractivity contribution < 1.29 is 0 Å². The molecule has 1 N–H and O–H groups in total. The minimum absolute atomic E-state index is 0.782. The fraction of sp³-hybridized carbons (Fsp3) is 1.00. The Bertz CT molecular complexity index is 206. The Morgan fingerprint density at radius 3 is 2.81 bits per heavy atom. The smallest absolute Gasteiger partial charge is 0.0209 e. The molecule has 2 fully saturated rings. The standard InChI is InChI=1S/C13H26N2S/c1-3-16-9-7-11(2)15-8-6-13(10-15)14-12-4-5-12/h11-14H,3-10H2,1-2H3. The lowest BCUT2D eigenvalue weighted by molar-refractivity contribution is 0.247. The number of rotatable bonds is 7. The quantitative estimate of drug-likeness (QED) is 0.690. The van der Waals surface area contributed by atoms with Crippen LogP contribution in [0, 0.1) is 0 Å². The van der Waals surface area contributed by atoms with Crippen LogP contribution in [0.4, 0.5) is 0 Å². The molecule has 0 radical (unpaired) electrons. The summed E-state index contributed by atoms with van der Waals surface area (Å²) in [5.74, 6) is 2.59. The summed E-state index contributed by atoms with van der Waals surface area (Å²) in [4.78, 5) is 2.68. The van der Waals surface area contributed by atoms with Crippen LogP contribution >= 0.6 is 11.8 Å². The minimum Gasteiger partial charge on any atom is -0.310 e. The average molecular weight is 242 g/mol. The molecule has 1 saturated carbocycles. The molecule has 0 bridgehead atoms. The van der Waals surface area contributed by atoms with E-state index in [0.29, 0.717) is 0 Å². The van der Waals surface area contributed by atoms with Gasteiger partial charge in [0, 0.05) is 31.2 Å². The van der Waals surface area contributed by atoms with Gasteiger partial charge in [0.1, 0.15) is 0 Å². The van der Waals surface area contributed by atoms with Crippen molar-refractivity contribution in [3.8, 4) is 0 Å². The molecule has 2 nitrogen and oxygen atoms in total. The maximum absolute atomic E-state index is 3.76. The van der Waals surface area contributed by atoms with Crippen molar-refractivity contribution in [3.05, 3.63) is 0 Å². The number of hydrogen-bond acceptors (Lipinski definition) is 3. The molecule has 16 heavy (non-hydrogen) atoms. The maximum Gasteiger partial charge on any atom is 0.0209 e. The molecule has 2 unspecified atom stereocenters. The summed E-state index contributed by atoms with van der Waals surface area (Å²) >= 11 is 2.07. The highest BCUT2D eigenvalue weighted by atomic mass is 32.2. The van der Waals surface area contributed by atoms with Crippen LogP contribution in [0.5, 0.6) is 0 Å². The summed E-state index contributed by atoms with van der Waals surface area (Å²) in [5.41, 5.74) is 0. The van der Waals surface area contributed by atoms with Gasteiger partial charge in [-0.2, -0.15) is 11.8 Å². The third-order valence-corrected chi connectivity index (χ3v) is 4.71. The van der Waals surface area contributed by atoms with Crippen molar-refractivity contribution in [2.45, 2.75) is 57.7 Å². The number of hydrogen-bond donors (Lipinski definition) is 1. The van der Waals surface area contributed by atoms with E-state index in [9.17, 15) is 0 Å². The SMILES string of the molecule is CCSCCC(C)N1CCC(NC2CC2)C1. The first kappa shape index (κ1) is 12.7. The van der Waals surface area contributed by atoms with Gasteiger partial charge in [0.25, 0.3) is 0 Å². The largest absolute Gasteiger partial charge is 0.310 e. The number of nitrogens with zero attached hydrogens (tertiary/aromatic N) is 1. The monoisotopic (exact) mass is 242 g/mol. The fourth-order valence-electron chi connectivity index (χ4n) is 2.49. The van der Waals surface area contributed by atoms with Crippen molar-refractivity contribution >= 4 is 11.8 Å². The van der Waals surface area contributed by atoms with Gasteiger partial charge in [-0.3, -0.25) is 4.90 Å². The second-order valence-electron chi connectivity index (χ2n) is 5.26. The predicted octanol–water partition coefficient (Wildman–Crippen LogP) is 2.34. The minimum atomic E-state index is 0.782. The van der Waals surface area contributed by atoms with E-state index < -0.39 is 0 Å². The first-order chi connectivity index (χ1) is 7.79. The molecule has 1 heterocycles. The summed E-state index contributed by atoms with van der Waals surface area (Å²) in [6.45, 7) is 7.24. The van der Waals surface area contributed by atoms with E-state index in [0.717, 1.165) is 18.1 Å². The van der Waals surface area contributed by atoms with Gasteiger partial charge in [0.2, 0.25) is 0 Å². The Kier molecular flexibility index (Phi) is 4.98. The van der Waals surface area contributed by atoms with Gasteiger partial charge in [0.05, 0.1) is 0 Å². The first-order valence-electron chi connectivity index (χ1n) is 6.87. The van der Waals surface area contributed by atoms with Gasteiger partial charge in [-0.05, 0) is 44.1 Å². The maximum atomic E-state index is 3.76. The molecule has 94 valence electrons. The highest BCUT2D eigenvalue weighted by Gasteiger charge is 2.30. The van der Waals surface area contributed by atoms with E-state index in [1.807, 2.05) is 0 Å². The molecule has 1 aliphatic heterocycles. The number of thioether (sulfide) groups is 1. The van der Waals surface area contributed by atoms with Crippen LogP contribution in [0.1, 0.15) is 39.5 Å². The van der Waals surface area contributed by atoms with Crippen LogP contribution in [-0.2, 0) is 0 Å². The van der Waals surface area contributed by atoms with Crippen LogP contribution in [0.25, 0.3) is 0 Å². The zero-order chi connectivity index (χ0) is 11.4. The van der Waals surface area contributed by atoms with Gasteiger partial charge in [0.15, 0.2) is 0 Å². The molecule has 2 aliphatic rings. The fourth-order valence-corrected chi connectivity index (χ4v) is 3.28. The van der Waals surface area contributed by atoms with Crippen molar-refractivity contribution in [1.82, 2.24) is 10.2 Å². The lowest BCUT2D eigenvalue weighted by Gasteiger charge is -2.24. The highest BCUT2D eigenvalue weighted by Crippen LogP contribution is 2.23. The summed E-state index contributed by atoms with van der Waals surface area (Å²) in [7, 11) is 0. The molecular weight excluding hydrogens is 216 g/mol. The Morgan fingerprint density at radius 1 is 1.31 bits per heavy atom. The molecular formula is C13H26N2S. The van der Waals surface area contributed by atoms with Crippen molar-refractivity contribution in [2.75, 3.05) is 24.6 Å². The first-order valence-corrected chi connectivity index (χ1v) is 8.03. The molecule has 0 spiro atoms. The third kappa shape index (κ3) is 3.94. The Labute approximate surface area is 105 Å². The molecule has 0 aromatic heterocycles. The Morgan fingerprint density at radius 2 is 2.12 bits per heavy atom. The van der Waals surface area contributed by atoms with Gasteiger partial charge in [-0.25, -0.2) is 0 Å². The zero-order valence-corrected chi connectivity index (χ0v) is 11.6. The molecule has 2 rings (SSSR count). The zero-order valence-electron chi connectivity index (χ0n) is 10.7. The molecule has 0 aromatic carbocycles. The van der Waals surface area contributed by atoms with E-state index in [2.05, 4.69) is 35.8 Å². The van der Waals surface area contributed by atoms with Crippen LogP contribution in [0.2, 0.25) is 0 Å². The van der Waals surface area contributed by atoms with Gasteiger partial charge in [-0.1, -0.05) is 6.92 Å². The van der Waals surface area contributed by atoms with Crippen molar-refractivity contribution in [3.63, 3.8) is 0 Å². The van der Waals surface area contributed by atoms with E-state index in [-0.39, 0.29) is 0 Å². The molecule has 0 aromatic rings. The van der Waals surface area contributed by atoms with Crippen LogP contribution < -0.4 is 5.32 Å². The lowest BCUT2D eigenvalue weighted by atomic mass is 10.2. The topological polar surface area (TPSA) is 15.3 Å². The summed E-state index contributed by atoms with van der Waals surface area (Å²) < 4.78 is 0. The van der Waals surface area contributed by atoms with Crippen LogP contribution in [0.15, 0.2) is 0 Å². The van der Waals surface area contributed by atoms with E-state index in [1.165, 1.54) is 50.3 Å². The molecule has 0 amide bonds. The van der Waals surface area contributed by atoms with E-state index in [1.54, 1.807) is 0 Å². The normalized spacial score (nSPS) is 28.5. The predicted molar refractivity (Wildman–Crippen MR) is 73.2 cm³/mol. The summed E-state index contributed by atoms with van der Waals surface area (Å²) in [6, 6.07) is 2.44. The van der Waals surface area contributed by atoms with Gasteiger partial charge >= 0.3 is 0 Å². The third-order valence-electron chi connectivity index (χ3n) is 3.78. The second kappa shape index (κ2) is 6.27. The summed E-state index contributed by atoms with van der Waals surface area (Å²) in [5, 5.41) is 3.76. The molecule has 2 atom stereocenters. The summed E-state index contributed by atoms with van der Waals surface area (Å²) in [6.07, 6.45) is 5.55.